The number of nitrogens with one attached hydrogen (secondary N) is 2. The highest BCUT2D eigenvalue weighted by atomic mass is 19.1. The monoisotopic (exact) mass is 282 g/mol. The van der Waals surface area contributed by atoms with Crippen LogP contribution in [0.3, 0.4) is 0 Å². The molecule has 110 valence electrons. The summed E-state index contributed by atoms with van der Waals surface area (Å²) in [6.07, 6.45) is 2.51. The first-order valence-electron chi connectivity index (χ1n) is 7.02. The molecule has 1 aliphatic heterocycles. The predicted octanol–water partition coefficient (Wildman–Crippen LogP) is 2.15. The number of rotatable bonds is 4. The molecule has 1 amide bonds. The van der Waals surface area contributed by atoms with Crippen LogP contribution in [-0.4, -0.2) is 24.5 Å². The van der Waals surface area contributed by atoms with Gasteiger partial charge in [0, 0.05) is 30.6 Å². The zero-order chi connectivity index (χ0) is 14.5. The van der Waals surface area contributed by atoms with E-state index < -0.39 is 11.6 Å². The third-order valence-corrected chi connectivity index (χ3v) is 3.58. The molecule has 2 unspecified atom stereocenters. The average molecular weight is 282 g/mol. The minimum absolute atomic E-state index is 0.0317. The number of hydrogen-bond acceptors (Lipinski definition) is 2. The van der Waals surface area contributed by atoms with Crippen LogP contribution in [0.5, 0.6) is 0 Å². The molecule has 1 aliphatic rings. The summed E-state index contributed by atoms with van der Waals surface area (Å²) in [4.78, 5) is 11.5. The molecule has 2 N–H and O–H groups in total. The Morgan fingerprint density at radius 1 is 1.40 bits per heavy atom. The maximum absolute atomic E-state index is 13.6. The average Bonchev–Trinajstić information content (AvgIpc) is 2.58. The van der Waals surface area contributed by atoms with Crippen LogP contribution in [0, 0.1) is 11.6 Å². The van der Waals surface area contributed by atoms with Crippen LogP contribution in [0.4, 0.5) is 8.78 Å². The molecule has 0 aromatic heterocycles. The molecule has 1 saturated heterocycles. The molecule has 0 aliphatic carbocycles. The number of hydrogen-bond donors (Lipinski definition) is 2. The summed E-state index contributed by atoms with van der Waals surface area (Å²) in [6.45, 7) is 2.59. The second-order valence-corrected chi connectivity index (χ2v) is 5.37. The van der Waals surface area contributed by atoms with Gasteiger partial charge in [-0.15, -0.1) is 0 Å². The zero-order valence-corrected chi connectivity index (χ0v) is 11.6. The molecule has 1 aromatic rings. The predicted molar refractivity (Wildman–Crippen MR) is 73.3 cm³/mol. The van der Waals surface area contributed by atoms with Gasteiger partial charge in [0.1, 0.15) is 11.6 Å². The van der Waals surface area contributed by atoms with Gasteiger partial charge in [0.25, 0.3) is 0 Å². The van der Waals surface area contributed by atoms with Crippen molar-refractivity contribution in [3.8, 4) is 0 Å². The highest BCUT2D eigenvalue weighted by Gasteiger charge is 2.20. The van der Waals surface area contributed by atoms with E-state index in [2.05, 4.69) is 10.6 Å². The summed E-state index contributed by atoms with van der Waals surface area (Å²) in [5, 5.41) is 6.11. The summed E-state index contributed by atoms with van der Waals surface area (Å²) < 4.78 is 27.2. The molecule has 0 radical (unpaired) electrons. The topological polar surface area (TPSA) is 41.1 Å². The van der Waals surface area contributed by atoms with Crippen molar-refractivity contribution in [1.29, 1.82) is 0 Å². The maximum Gasteiger partial charge on any atom is 0.221 e. The lowest BCUT2D eigenvalue weighted by Gasteiger charge is -2.21. The molecular weight excluding hydrogens is 262 g/mol. The Kier molecular flexibility index (Phi) is 5.06. The minimum atomic E-state index is -0.516. The van der Waals surface area contributed by atoms with E-state index >= 15 is 0 Å². The van der Waals surface area contributed by atoms with Crippen molar-refractivity contribution in [2.24, 2.45) is 0 Å². The first-order valence-corrected chi connectivity index (χ1v) is 7.02. The molecule has 2 rings (SSSR count). The molecule has 5 heteroatoms. The van der Waals surface area contributed by atoms with Gasteiger partial charge in [0.05, 0.1) is 0 Å². The lowest BCUT2D eigenvalue weighted by Crippen LogP contribution is -2.39. The van der Waals surface area contributed by atoms with Gasteiger partial charge in [-0.25, -0.2) is 8.78 Å². The highest BCUT2D eigenvalue weighted by Crippen LogP contribution is 2.15. The summed E-state index contributed by atoms with van der Waals surface area (Å²) in [5.41, 5.74) is 0.102. The number of carbonyl (C=O) groups is 1. The largest absolute Gasteiger partial charge is 0.356 e. The van der Waals surface area contributed by atoms with E-state index in [9.17, 15) is 13.6 Å². The Hall–Kier alpha value is -1.49. The van der Waals surface area contributed by atoms with Crippen LogP contribution in [0.25, 0.3) is 0 Å². The van der Waals surface area contributed by atoms with Crippen molar-refractivity contribution in [2.75, 3.05) is 6.54 Å². The molecule has 1 aromatic carbocycles. The summed E-state index contributed by atoms with van der Waals surface area (Å²) >= 11 is 0. The lowest BCUT2D eigenvalue weighted by molar-refractivity contribution is -0.121. The smallest absolute Gasteiger partial charge is 0.221 e. The third-order valence-electron chi connectivity index (χ3n) is 3.58. The summed E-state index contributed by atoms with van der Waals surface area (Å²) in [5.74, 6) is -1.00. The lowest BCUT2D eigenvalue weighted by atomic mass is 10.0. The van der Waals surface area contributed by atoms with Crippen LogP contribution >= 0.6 is 0 Å². The van der Waals surface area contributed by atoms with Gasteiger partial charge >= 0.3 is 0 Å². The third kappa shape index (κ3) is 4.00. The van der Waals surface area contributed by atoms with Crippen molar-refractivity contribution in [2.45, 2.75) is 44.7 Å². The Bertz CT molecular complexity index is 459. The van der Waals surface area contributed by atoms with Gasteiger partial charge in [-0.1, -0.05) is 6.07 Å². The van der Waals surface area contributed by atoms with Crippen molar-refractivity contribution in [3.63, 3.8) is 0 Å². The molecule has 3 nitrogen and oxygen atoms in total. The summed E-state index contributed by atoms with van der Waals surface area (Å²) in [7, 11) is 0. The number of halogens is 2. The quantitative estimate of drug-likeness (QED) is 0.888. The first kappa shape index (κ1) is 14.9. The Labute approximate surface area is 117 Å². The fourth-order valence-electron chi connectivity index (χ4n) is 2.61. The van der Waals surface area contributed by atoms with Crippen LogP contribution in [0.1, 0.15) is 31.7 Å². The normalized spacial score (nSPS) is 21.1. The second-order valence-electron chi connectivity index (χ2n) is 5.37. The molecule has 0 spiro atoms. The van der Waals surface area contributed by atoms with Crippen molar-refractivity contribution in [3.05, 3.63) is 35.4 Å². The van der Waals surface area contributed by atoms with Crippen molar-refractivity contribution < 1.29 is 13.6 Å². The molecule has 0 saturated carbocycles. The van der Waals surface area contributed by atoms with Crippen LogP contribution in [-0.2, 0) is 11.2 Å². The number of amides is 1. The van der Waals surface area contributed by atoms with Crippen LogP contribution < -0.4 is 10.6 Å². The first-order chi connectivity index (χ1) is 9.56. The molecule has 1 heterocycles. The summed E-state index contributed by atoms with van der Waals surface area (Å²) in [6, 6.07) is 3.88. The van der Waals surface area contributed by atoms with Gasteiger partial charge in [-0.3, -0.25) is 4.79 Å². The van der Waals surface area contributed by atoms with E-state index in [0.29, 0.717) is 13.0 Å². The zero-order valence-electron chi connectivity index (χ0n) is 11.6. The number of carbonyl (C=O) groups excluding carboxylic acids is 1. The molecule has 0 bridgehead atoms. The molecule has 20 heavy (non-hydrogen) atoms. The van der Waals surface area contributed by atoms with Gasteiger partial charge in [-0.05, 0) is 38.3 Å². The van der Waals surface area contributed by atoms with Gasteiger partial charge < -0.3 is 10.6 Å². The van der Waals surface area contributed by atoms with Crippen LogP contribution in [0.2, 0.25) is 0 Å². The molecule has 2 atom stereocenters. The SMILES string of the molecule is CC(Cc1c(F)cccc1F)NC1CCCNC(=O)C1. The minimum Gasteiger partial charge on any atom is -0.356 e. The van der Waals surface area contributed by atoms with Crippen LogP contribution in [0.15, 0.2) is 18.2 Å². The van der Waals surface area contributed by atoms with E-state index in [1.54, 1.807) is 0 Å². The van der Waals surface area contributed by atoms with E-state index in [4.69, 9.17) is 0 Å². The molecular formula is C15H20F2N2O. The van der Waals surface area contributed by atoms with Gasteiger partial charge in [0.2, 0.25) is 5.91 Å². The Balaban J connectivity index is 1.94. The maximum atomic E-state index is 13.6. The van der Waals surface area contributed by atoms with Crippen molar-refractivity contribution in [1.82, 2.24) is 10.6 Å². The standard InChI is InChI=1S/C15H20F2N2O/c1-10(8-12-13(16)5-2-6-14(12)17)19-11-4-3-7-18-15(20)9-11/h2,5-6,10-11,19H,3-4,7-9H2,1H3,(H,18,20). The second kappa shape index (κ2) is 6.79. The Morgan fingerprint density at radius 2 is 2.10 bits per heavy atom. The van der Waals surface area contributed by atoms with Gasteiger partial charge in [0.15, 0.2) is 0 Å². The van der Waals surface area contributed by atoms with E-state index in [-0.39, 0.29) is 30.0 Å². The fourth-order valence-corrected chi connectivity index (χ4v) is 2.61. The number of benzene rings is 1. The van der Waals surface area contributed by atoms with E-state index in [1.165, 1.54) is 18.2 Å². The van der Waals surface area contributed by atoms with E-state index in [1.807, 2.05) is 6.92 Å². The van der Waals surface area contributed by atoms with E-state index in [0.717, 1.165) is 12.8 Å². The Morgan fingerprint density at radius 3 is 2.80 bits per heavy atom. The molecule has 1 fully saturated rings. The highest BCUT2D eigenvalue weighted by molar-refractivity contribution is 5.76. The van der Waals surface area contributed by atoms with Gasteiger partial charge in [-0.2, -0.15) is 0 Å². The van der Waals surface area contributed by atoms with Crippen molar-refractivity contribution >= 4 is 5.91 Å². The fraction of sp³-hybridized carbons (Fsp3) is 0.533.